The van der Waals surface area contributed by atoms with Crippen molar-refractivity contribution in [2.75, 3.05) is 32.0 Å². The largest absolute Gasteiger partial charge is 0.493 e. The van der Waals surface area contributed by atoms with Gasteiger partial charge in [-0.3, -0.25) is 4.79 Å². The van der Waals surface area contributed by atoms with Crippen LogP contribution in [0, 0.1) is 6.92 Å². The Hall–Kier alpha value is -4.55. The molecular weight excluding hydrogens is 481 g/mol. The van der Waals surface area contributed by atoms with Crippen LogP contribution in [0.2, 0.25) is 0 Å². The Morgan fingerprint density at radius 2 is 1.69 bits per heavy atom. The Morgan fingerprint density at radius 1 is 1.03 bits per heavy atom. The molecule has 2 N–H and O–H groups in total. The first-order valence-corrected chi connectivity index (χ1v) is 10.4. The fourth-order valence-electron chi connectivity index (χ4n) is 3.52. The standard InChI is InChI=1S/C23H21F3N6O4/c1-12-16-11-27-22(29-13-9-17(34-2)19(36-4)18(10-13)35-3)31-32(16)20(28-12)14-7-5-6-8-15(14)30-21(33)23(24,25)26/h5-11H,1-4H3,(H,29,31)(H,30,33). The summed E-state index contributed by atoms with van der Waals surface area (Å²) in [6, 6.07) is 9.34. The van der Waals surface area contributed by atoms with Gasteiger partial charge in [0.2, 0.25) is 11.7 Å². The van der Waals surface area contributed by atoms with Gasteiger partial charge in [0.25, 0.3) is 0 Å². The molecule has 10 nitrogen and oxygen atoms in total. The van der Waals surface area contributed by atoms with Crippen molar-refractivity contribution in [3.63, 3.8) is 0 Å². The number of hydrogen-bond acceptors (Lipinski definition) is 8. The Bertz CT molecular complexity index is 1410. The quantitative estimate of drug-likeness (QED) is 0.383. The predicted molar refractivity (Wildman–Crippen MR) is 125 cm³/mol. The average Bonchev–Trinajstić information content (AvgIpc) is 3.18. The first-order valence-electron chi connectivity index (χ1n) is 10.4. The van der Waals surface area contributed by atoms with Crippen LogP contribution >= 0.6 is 0 Å². The fraction of sp³-hybridized carbons (Fsp3) is 0.217. The molecule has 0 spiro atoms. The zero-order chi connectivity index (χ0) is 26.0. The second-order valence-corrected chi connectivity index (χ2v) is 7.44. The lowest BCUT2D eigenvalue weighted by atomic mass is 10.1. The van der Waals surface area contributed by atoms with E-state index in [1.54, 1.807) is 25.1 Å². The number of imidazole rings is 1. The number of ether oxygens (including phenoxy) is 3. The van der Waals surface area contributed by atoms with E-state index in [9.17, 15) is 18.0 Å². The molecule has 0 fully saturated rings. The zero-order valence-electron chi connectivity index (χ0n) is 19.6. The van der Waals surface area contributed by atoms with Crippen molar-refractivity contribution in [2.45, 2.75) is 13.1 Å². The number of fused-ring (bicyclic) bond motifs is 1. The Labute approximate surface area is 203 Å². The second-order valence-electron chi connectivity index (χ2n) is 7.44. The summed E-state index contributed by atoms with van der Waals surface area (Å²) in [6.45, 7) is 1.71. The van der Waals surface area contributed by atoms with E-state index >= 15 is 0 Å². The summed E-state index contributed by atoms with van der Waals surface area (Å²) < 4.78 is 56.0. The number of aromatic nitrogens is 4. The van der Waals surface area contributed by atoms with E-state index in [1.165, 1.54) is 50.2 Å². The van der Waals surface area contributed by atoms with Crippen molar-refractivity contribution >= 4 is 28.7 Å². The summed E-state index contributed by atoms with van der Waals surface area (Å²) in [6.07, 6.45) is -3.52. The van der Waals surface area contributed by atoms with Gasteiger partial charge in [-0.25, -0.2) is 14.5 Å². The molecule has 0 saturated carbocycles. The molecule has 13 heteroatoms. The Balaban J connectivity index is 1.76. The molecule has 0 saturated heterocycles. The number of alkyl halides is 3. The summed E-state index contributed by atoms with van der Waals surface area (Å²) in [5.74, 6) is -0.482. The van der Waals surface area contributed by atoms with Crippen molar-refractivity contribution in [2.24, 2.45) is 0 Å². The van der Waals surface area contributed by atoms with E-state index in [1.807, 2.05) is 5.32 Å². The first kappa shape index (κ1) is 24.6. The monoisotopic (exact) mass is 502 g/mol. The van der Waals surface area contributed by atoms with Gasteiger partial charge in [0.15, 0.2) is 17.3 Å². The number of benzene rings is 2. The molecule has 0 bridgehead atoms. The summed E-state index contributed by atoms with van der Waals surface area (Å²) in [7, 11) is 4.46. The highest BCUT2D eigenvalue weighted by atomic mass is 19.4. The lowest BCUT2D eigenvalue weighted by Gasteiger charge is -2.15. The molecule has 0 radical (unpaired) electrons. The summed E-state index contributed by atoms with van der Waals surface area (Å²) >= 11 is 0. The maximum Gasteiger partial charge on any atom is 0.471 e. The molecule has 0 aliphatic heterocycles. The first-order chi connectivity index (χ1) is 17.2. The van der Waals surface area contributed by atoms with E-state index in [4.69, 9.17) is 14.2 Å². The third-order valence-corrected chi connectivity index (χ3v) is 5.17. The number of methoxy groups -OCH3 is 3. The lowest BCUT2D eigenvalue weighted by molar-refractivity contribution is -0.167. The van der Waals surface area contributed by atoms with Gasteiger partial charge >= 0.3 is 12.1 Å². The molecule has 0 atom stereocenters. The summed E-state index contributed by atoms with van der Waals surface area (Å²) in [5.41, 5.74) is 1.78. The van der Waals surface area contributed by atoms with Crippen molar-refractivity contribution in [3.05, 3.63) is 48.3 Å². The number of para-hydroxylation sites is 1. The van der Waals surface area contributed by atoms with Gasteiger partial charge in [-0.05, 0) is 19.1 Å². The number of nitrogens with zero attached hydrogens (tertiary/aromatic N) is 4. The number of rotatable bonds is 7. The van der Waals surface area contributed by atoms with Gasteiger partial charge in [-0.1, -0.05) is 12.1 Å². The molecule has 0 unspecified atom stereocenters. The molecule has 1 amide bonds. The second kappa shape index (κ2) is 9.60. The minimum absolute atomic E-state index is 0.0653. The summed E-state index contributed by atoms with van der Waals surface area (Å²) in [5, 5.41) is 9.42. The van der Waals surface area contributed by atoms with Crippen LogP contribution in [0.25, 0.3) is 16.9 Å². The zero-order valence-corrected chi connectivity index (χ0v) is 19.6. The number of hydrogen-bond donors (Lipinski definition) is 2. The van der Waals surface area contributed by atoms with Crippen LogP contribution in [0.4, 0.5) is 30.5 Å². The molecule has 2 aromatic heterocycles. The van der Waals surface area contributed by atoms with Crippen molar-refractivity contribution < 1.29 is 32.2 Å². The van der Waals surface area contributed by atoms with E-state index in [0.29, 0.717) is 34.1 Å². The van der Waals surface area contributed by atoms with Crippen LogP contribution in [0.15, 0.2) is 42.6 Å². The minimum Gasteiger partial charge on any atom is -0.493 e. The third kappa shape index (κ3) is 4.67. The van der Waals surface area contributed by atoms with Gasteiger partial charge in [0.05, 0.1) is 38.9 Å². The highest BCUT2D eigenvalue weighted by molar-refractivity contribution is 5.98. The number of amides is 1. The molecule has 4 rings (SSSR count). The number of carbonyl (C=O) groups excluding carboxylic acids is 1. The van der Waals surface area contributed by atoms with E-state index in [-0.39, 0.29) is 23.0 Å². The Morgan fingerprint density at radius 3 is 2.31 bits per heavy atom. The van der Waals surface area contributed by atoms with E-state index < -0.39 is 12.1 Å². The van der Waals surface area contributed by atoms with E-state index in [0.717, 1.165) is 0 Å². The maximum absolute atomic E-state index is 12.9. The van der Waals surface area contributed by atoms with Crippen LogP contribution in [0.3, 0.4) is 0 Å². The van der Waals surface area contributed by atoms with Crippen LogP contribution in [0.5, 0.6) is 17.2 Å². The number of halogens is 3. The average molecular weight is 502 g/mol. The third-order valence-electron chi connectivity index (χ3n) is 5.17. The van der Waals surface area contributed by atoms with Crippen LogP contribution in [-0.4, -0.2) is 53.0 Å². The van der Waals surface area contributed by atoms with Crippen LogP contribution < -0.4 is 24.8 Å². The highest BCUT2D eigenvalue weighted by Crippen LogP contribution is 2.40. The lowest BCUT2D eigenvalue weighted by Crippen LogP contribution is -2.30. The molecule has 2 heterocycles. The topological polar surface area (TPSA) is 112 Å². The predicted octanol–water partition coefficient (Wildman–Crippen LogP) is 4.37. The van der Waals surface area contributed by atoms with Gasteiger partial charge in [-0.2, -0.15) is 13.2 Å². The smallest absolute Gasteiger partial charge is 0.471 e. The molecule has 36 heavy (non-hydrogen) atoms. The van der Waals surface area contributed by atoms with Crippen LogP contribution in [0.1, 0.15) is 5.69 Å². The maximum atomic E-state index is 12.9. The molecule has 188 valence electrons. The minimum atomic E-state index is -5.04. The SMILES string of the molecule is COc1cc(Nc2ncc3c(C)nc(-c4ccccc4NC(=O)C(F)(F)F)n3n2)cc(OC)c1OC. The fourth-order valence-corrected chi connectivity index (χ4v) is 3.52. The normalized spacial score (nSPS) is 11.3. The molecule has 4 aromatic rings. The number of nitrogens with one attached hydrogen (secondary N) is 2. The van der Waals surface area contributed by atoms with Crippen LogP contribution in [-0.2, 0) is 4.79 Å². The summed E-state index contributed by atoms with van der Waals surface area (Å²) in [4.78, 5) is 20.3. The van der Waals surface area contributed by atoms with Gasteiger partial charge in [0.1, 0.15) is 5.52 Å². The van der Waals surface area contributed by atoms with Crippen molar-refractivity contribution in [1.82, 2.24) is 19.6 Å². The molecule has 2 aromatic carbocycles. The van der Waals surface area contributed by atoms with E-state index in [2.05, 4.69) is 20.4 Å². The van der Waals surface area contributed by atoms with Gasteiger partial charge in [-0.15, -0.1) is 5.10 Å². The number of anilines is 3. The molecule has 0 aliphatic carbocycles. The Kier molecular flexibility index (Phi) is 6.55. The number of aryl methyl sites for hydroxylation is 1. The number of carbonyl (C=O) groups is 1. The van der Waals surface area contributed by atoms with Gasteiger partial charge in [0, 0.05) is 23.4 Å². The van der Waals surface area contributed by atoms with Crippen molar-refractivity contribution in [3.8, 4) is 28.6 Å². The molecular formula is C23H21F3N6O4. The highest BCUT2D eigenvalue weighted by Gasteiger charge is 2.39. The van der Waals surface area contributed by atoms with Crippen molar-refractivity contribution in [1.29, 1.82) is 0 Å². The molecule has 0 aliphatic rings. The van der Waals surface area contributed by atoms with Gasteiger partial charge < -0.3 is 24.8 Å².